The van der Waals surface area contributed by atoms with Crippen LogP contribution in [0.2, 0.25) is 0 Å². The summed E-state index contributed by atoms with van der Waals surface area (Å²) in [5, 5.41) is 9.74. The van der Waals surface area contributed by atoms with E-state index in [1.165, 1.54) is 6.07 Å². The van der Waals surface area contributed by atoms with Gasteiger partial charge in [-0.15, -0.1) is 0 Å². The molecular weight excluding hydrogens is 268 g/mol. The van der Waals surface area contributed by atoms with Gasteiger partial charge in [-0.05, 0) is 60.6 Å². The molecule has 0 radical (unpaired) electrons. The third kappa shape index (κ3) is 2.42. The van der Waals surface area contributed by atoms with Crippen molar-refractivity contribution in [3.05, 3.63) is 70.8 Å². The summed E-state index contributed by atoms with van der Waals surface area (Å²) in [5.74, 6) is -0.919. The van der Waals surface area contributed by atoms with Crippen molar-refractivity contribution in [2.24, 2.45) is 0 Å². The van der Waals surface area contributed by atoms with Gasteiger partial charge in [0, 0.05) is 0 Å². The van der Waals surface area contributed by atoms with Crippen LogP contribution in [0.15, 0.2) is 42.5 Å². The lowest BCUT2D eigenvalue weighted by Gasteiger charge is -2.33. The molecule has 0 bridgehead atoms. The second kappa shape index (κ2) is 5.29. The molecule has 106 valence electrons. The van der Waals surface area contributed by atoms with Crippen molar-refractivity contribution in [3.8, 4) is 6.07 Å². The highest BCUT2D eigenvalue weighted by Gasteiger charge is 2.37. The lowest BCUT2D eigenvalue weighted by molar-refractivity contribution is 0.440. The van der Waals surface area contributed by atoms with Crippen molar-refractivity contribution >= 4 is 0 Å². The number of halogens is 2. The maximum atomic E-state index is 13.9. The van der Waals surface area contributed by atoms with E-state index in [1.807, 2.05) is 24.3 Å². The zero-order valence-corrected chi connectivity index (χ0v) is 11.6. The smallest absolute Gasteiger partial charge is 0.126 e. The van der Waals surface area contributed by atoms with Gasteiger partial charge in [0.05, 0.1) is 11.5 Å². The molecule has 0 fully saturated rings. The molecule has 21 heavy (non-hydrogen) atoms. The summed E-state index contributed by atoms with van der Waals surface area (Å²) in [6.45, 7) is 0. The number of nitrogens with zero attached hydrogens (tertiary/aromatic N) is 1. The van der Waals surface area contributed by atoms with Gasteiger partial charge >= 0.3 is 0 Å². The van der Waals surface area contributed by atoms with E-state index >= 15 is 0 Å². The van der Waals surface area contributed by atoms with Crippen LogP contribution in [0.4, 0.5) is 8.78 Å². The van der Waals surface area contributed by atoms with E-state index in [1.54, 1.807) is 0 Å². The molecule has 0 N–H and O–H groups in total. The molecule has 1 aliphatic rings. The first kappa shape index (κ1) is 13.8. The van der Waals surface area contributed by atoms with Crippen LogP contribution >= 0.6 is 0 Å². The van der Waals surface area contributed by atoms with Crippen molar-refractivity contribution in [2.75, 3.05) is 0 Å². The van der Waals surface area contributed by atoms with Crippen LogP contribution in [-0.4, -0.2) is 0 Å². The van der Waals surface area contributed by atoms with Gasteiger partial charge in [-0.25, -0.2) is 8.78 Å². The minimum atomic E-state index is -0.760. The van der Waals surface area contributed by atoms with E-state index in [0.717, 1.165) is 36.1 Å². The number of hydrogen-bond donors (Lipinski definition) is 0. The summed E-state index contributed by atoms with van der Waals surface area (Å²) in [6, 6.07) is 13.6. The molecule has 1 unspecified atom stereocenters. The molecule has 0 aromatic heterocycles. The van der Waals surface area contributed by atoms with Gasteiger partial charge in [-0.1, -0.05) is 24.3 Å². The predicted octanol–water partition coefficient (Wildman–Crippen LogP) is 4.31. The quantitative estimate of drug-likeness (QED) is 0.806. The lowest BCUT2D eigenvalue weighted by Crippen LogP contribution is -2.32. The third-order valence-corrected chi connectivity index (χ3v) is 4.30. The Kier molecular flexibility index (Phi) is 3.47. The molecule has 0 aliphatic heterocycles. The number of fused-ring (bicyclic) bond motifs is 1. The minimum absolute atomic E-state index is 0.212. The van der Waals surface area contributed by atoms with Gasteiger partial charge in [0.1, 0.15) is 11.6 Å². The second-order valence-corrected chi connectivity index (χ2v) is 5.62. The summed E-state index contributed by atoms with van der Waals surface area (Å²) in [4.78, 5) is 0. The highest BCUT2D eigenvalue weighted by Crippen LogP contribution is 2.40. The van der Waals surface area contributed by atoms with E-state index < -0.39 is 17.0 Å². The summed E-state index contributed by atoms with van der Waals surface area (Å²) in [7, 11) is 0. The molecule has 0 heterocycles. The molecule has 0 amide bonds. The highest BCUT2D eigenvalue weighted by molar-refractivity contribution is 5.43. The summed E-state index contributed by atoms with van der Waals surface area (Å²) in [5.41, 5.74) is 1.61. The molecule has 0 saturated carbocycles. The third-order valence-electron chi connectivity index (χ3n) is 4.30. The number of aryl methyl sites for hydroxylation is 1. The average Bonchev–Trinajstić information content (AvgIpc) is 2.51. The maximum Gasteiger partial charge on any atom is 0.126 e. The van der Waals surface area contributed by atoms with E-state index in [0.29, 0.717) is 6.42 Å². The van der Waals surface area contributed by atoms with Crippen molar-refractivity contribution in [3.63, 3.8) is 0 Å². The van der Waals surface area contributed by atoms with Crippen molar-refractivity contribution in [2.45, 2.75) is 31.1 Å². The monoisotopic (exact) mass is 283 g/mol. The molecule has 2 aromatic carbocycles. The fraction of sp³-hybridized carbons (Fsp3) is 0.278. The average molecular weight is 283 g/mol. The first-order valence-corrected chi connectivity index (χ1v) is 7.08. The Bertz CT molecular complexity index is 717. The standard InChI is InChI=1S/C18H15F2N/c19-15-7-8-17(20)14(10-15)11-18(12-21)9-3-5-13-4-1-2-6-16(13)18/h1-2,4,6-8,10H,3,5,9,11H2. The van der Waals surface area contributed by atoms with Crippen LogP contribution < -0.4 is 0 Å². The van der Waals surface area contributed by atoms with Gasteiger partial charge in [0.2, 0.25) is 0 Å². The van der Waals surface area contributed by atoms with E-state index in [4.69, 9.17) is 0 Å². The molecule has 1 nitrogen and oxygen atoms in total. The van der Waals surface area contributed by atoms with Gasteiger partial charge in [-0.2, -0.15) is 5.26 Å². The molecule has 1 aliphatic carbocycles. The highest BCUT2D eigenvalue weighted by atomic mass is 19.1. The number of hydrogen-bond acceptors (Lipinski definition) is 1. The normalized spacial score (nSPS) is 20.6. The molecule has 3 heteroatoms. The first-order chi connectivity index (χ1) is 10.1. The second-order valence-electron chi connectivity index (χ2n) is 5.62. The largest absolute Gasteiger partial charge is 0.207 e. The SMILES string of the molecule is N#CC1(Cc2cc(F)ccc2F)CCCc2ccccc21. The van der Waals surface area contributed by atoms with Crippen LogP contribution in [-0.2, 0) is 18.3 Å². The van der Waals surface area contributed by atoms with E-state index in [2.05, 4.69) is 6.07 Å². The summed E-state index contributed by atoms with van der Waals surface area (Å²) in [6.07, 6.45) is 2.72. The predicted molar refractivity (Wildman–Crippen MR) is 76.7 cm³/mol. The van der Waals surface area contributed by atoms with Crippen molar-refractivity contribution < 1.29 is 8.78 Å². The van der Waals surface area contributed by atoms with Gasteiger partial charge < -0.3 is 0 Å². The Hall–Kier alpha value is -2.21. The molecule has 3 rings (SSSR count). The Morgan fingerprint density at radius 1 is 1.14 bits per heavy atom. The van der Waals surface area contributed by atoms with Crippen LogP contribution in [0, 0.1) is 23.0 Å². The molecule has 1 atom stereocenters. The zero-order valence-electron chi connectivity index (χ0n) is 11.6. The Morgan fingerprint density at radius 3 is 2.76 bits per heavy atom. The van der Waals surface area contributed by atoms with Gasteiger partial charge in [-0.3, -0.25) is 0 Å². The maximum absolute atomic E-state index is 13.9. The van der Waals surface area contributed by atoms with E-state index in [-0.39, 0.29) is 12.0 Å². The molecular formula is C18H15F2N. The van der Waals surface area contributed by atoms with Gasteiger partial charge in [0.15, 0.2) is 0 Å². The number of rotatable bonds is 2. The number of nitriles is 1. The van der Waals surface area contributed by atoms with Crippen LogP contribution in [0.1, 0.15) is 29.5 Å². The fourth-order valence-electron chi connectivity index (χ4n) is 3.26. The van der Waals surface area contributed by atoms with Crippen LogP contribution in [0.5, 0.6) is 0 Å². The summed E-state index contributed by atoms with van der Waals surface area (Å²) >= 11 is 0. The Labute approximate surface area is 122 Å². The zero-order chi connectivity index (χ0) is 14.9. The Balaban J connectivity index is 2.07. The Morgan fingerprint density at radius 2 is 1.95 bits per heavy atom. The van der Waals surface area contributed by atoms with Crippen LogP contribution in [0.25, 0.3) is 0 Å². The van der Waals surface area contributed by atoms with Crippen molar-refractivity contribution in [1.82, 2.24) is 0 Å². The number of benzene rings is 2. The first-order valence-electron chi connectivity index (χ1n) is 7.08. The van der Waals surface area contributed by atoms with Gasteiger partial charge in [0.25, 0.3) is 0 Å². The molecule has 2 aromatic rings. The minimum Gasteiger partial charge on any atom is -0.207 e. The molecule has 0 saturated heterocycles. The van der Waals surface area contributed by atoms with Crippen molar-refractivity contribution in [1.29, 1.82) is 5.26 Å². The van der Waals surface area contributed by atoms with Crippen LogP contribution in [0.3, 0.4) is 0 Å². The molecule has 0 spiro atoms. The lowest BCUT2D eigenvalue weighted by atomic mass is 9.68. The topological polar surface area (TPSA) is 23.8 Å². The van der Waals surface area contributed by atoms with E-state index in [9.17, 15) is 14.0 Å². The summed E-state index contributed by atoms with van der Waals surface area (Å²) < 4.78 is 27.3. The fourth-order valence-corrected chi connectivity index (χ4v) is 3.26.